The van der Waals surface area contributed by atoms with Gasteiger partial charge in [-0.15, -0.1) is 0 Å². The molecule has 0 spiro atoms. The predicted molar refractivity (Wildman–Crippen MR) is 83.9 cm³/mol. The van der Waals surface area contributed by atoms with E-state index in [-0.39, 0.29) is 5.56 Å². The molecule has 110 valence electrons. The number of aryl methyl sites for hydroxylation is 2. The molecule has 0 bridgehead atoms. The van der Waals surface area contributed by atoms with Crippen molar-refractivity contribution in [1.82, 2.24) is 4.57 Å². The van der Waals surface area contributed by atoms with E-state index < -0.39 is 0 Å². The zero-order chi connectivity index (χ0) is 14.8. The summed E-state index contributed by atoms with van der Waals surface area (Å²) < 4.78 is 3.95. The van der Waals surface area contributed by atoms with Gasteiger partial charge in [0.05, 0.1) is 24.7 Å². The van der Waals surface area contributed by atoms with E-state index in [4.69, 9.17) is 11.6 Å². The van der Waals surface area contributed by atoms with Crippen LogP contribution in [0, 0.1) is 6.92 Å². The SMILES string of the molecule is Cc1ccn(CCN2CCC[n+]3cc(Cl)ccc32)c(=O)c1. The lowest BCUT2D eigenvalue weighted by Crippen LogP contribution is -2.49. The van der Waals surface area contributed by atoms with Gasteiger partial charge in [0.2, 0.25) is 0 Å². The molecule has 0 aromatic carbocycles. The monoisotopic (exact) mass is 304 g/mol. The highest BCUT2D eigenvalue weighted by atomic mass is 35.5. The number of anilines is 1. The summed E-state index contributed by atoms with van der Waals surface area (Å²) in [6.45, 7) is 5.47. The van der Waals surface area contributed by atoms with Crippen LogP contribution in [0.3, 0.4) is 0 Å². The molecule has 2 aromatic heterocycles. The van der Waals surface area contributed by atoms with Gasteiger partial charge < -0.3 is 4.57 Å². The first kappa shape index (κ1) is 14.1. The van der Waals surface area contributed by atoms with Crippen LogP contribution in [-0.2, 0) is 13.1 Å². The summed E-state index contributed by atoms with van der Waals surface area (Å²) in [4.78, 5) is 14.2. The molecule has 0 amide bonds. The van der Waals surface area contributed by atoms with Gasteiger partial charge in [-0.3, -0.25) is 9.69 Å². The van der Waals surface area contributed by atoms with Crippen molar-refractivity contribution >= 4 is 17.4 Å². The molecule has 5 heteroatoms. The van der Waals surface area contributed by atoms with Gasteiger partial charge in [-0.1, -0.05) is 11.6 Å². The van der Waals surface area contributed by atoms with Crippen molar-refractivity contribution in [2.45, 2.75) is 26.4 Å². The number of halogens is 1. The van der Waals surface area contributed by atoms with Gasteiger partial charge in [-0.05, 0) is 24.6 Å². The maximum absolute atomic E-state index is 11.9. The van der Waals surface area contributed by atoms with Gasteiger partial charge in [0.15, 0.2) is 0 Å². The van der Waals surface area contributed by atoms with Crippen LogP contribution in [0.4, 0.5) is 5.82 Å². The van der Waals surface area contributed by atoms with E-state index in [1.54, 1.807) is 10.6 Å². The Balaban J connectivity index is 1.76. The van der Waals surface area contributed by atoms with E-state index in [0.29, 0.717) is 6.54 Å². The lowest BCUT2D eigenvalue weighted by Gasteiger charge is -2.24. The summed E-state index contributed by atoms with van der Waals surface area (Å²) in [6.07, 6.45) is 4.94. The molecule has 3 heterocycles. The Bertz CT molecular complexity index is 711. The number of hydrogen-bond acceptors (Lipinski definition) is 2. The molecule has 0 atom stereocenters. The average Bonchev–Trinajstić information content (AvgIpc) is 2.46. The van der Waals surface area contributed by atoms with Gasteiger partial charge in [0.25, 0.3) is 11.4 Å². The van der Waals surface area contributed by atoms with E-state index in [2.05, 4.69) is 15.5 Å². The number of aromatic nitrogens is 2. The first-order chi connectivity index (χ1) is 10.1. The first-order valence-corrected chi connectivity index (χ1v) is 7.62. The molecule has 0 aliphatic carbocycles. The zero-order valence-electron chi connectivity index (χ0n) is 12.1. The molecule has 1 aliphatic rings. The molecule has 0 saturated carbocycles. The highest BCUT2D eigenvalue weighted by molar-refractivity contribution is 6.30. The maximum atomic E-state index is 11.9. The van der Waals surface area contributed by atoms with E-state index in [1.807, 2.05) is 31.5 Å². The minimum absolute atomic E-state index is 0.0657. The summed E-state index contributed by atoms with van der Waals surface area (Å²) >= 11 is 6.05. The minimum Gasteiger partial charge on any atom is -0.312 e. The Morgan fingerprint density at radius 3 is 2.95 bits per heavy atom. The number of pyridine rings is 2. The largest absolute Gasteiger partial charge is 0.312 e. The first-order valence-electron chi connectivity index (χ1n) is 7.24. The Labute approximate surface area is 129 Å². The summed E-state index contributed by atoms with van der Waals surface area (Å²) in [5, 5.41) is 0.760. The van der Waals surface area contributed by atoms with Crippen LogP contribution in [0.1, 0.15) is 12.0 Å². The fourth-order valence-electron chi connectivity index (χ4n) is 2.77. The fourth-order valence-corrected chi connectivity index (χ4v) is 2.95. The van der Waals surface area contributed by atoms with Crippen LogP contribution in [0.15, 0.2) is 41.5 Å². The molecule has 0 fully saturated rings. The van der Waals surface area contributed by atoms with Gasteiger partial charge in [0.1, 0.15) is 12.7 Å². The smallest absolute Gasteiger partial charge is 0.276 e. The van der Waals surface area contributed by atoms with Crippen LogP contribution in [0.25, 0.3) is 0 Å². The second-order valence-electron chi connectivity index (χ2n) is 5.48. The zero-order valence-corrected chi connectivity index (χ0v) is 12.9. The lowest BCUT2D eigenvalue weighted by atomic mass is 10.2. The molecule has 4 nitrogen and oxygen atoms in total. The number of hydrogen-bond donors (Lipinski definition) is 0. The molecule has 0 radical (unpaired) electrons. The number of fused-ring (bicyclic) bond motifs is 1. The van der Waals surface area contributed by atoms with Crippen LogP contribution in [0.5, 0.6) is 0 Å². The fraction of sp³-hybridized carbons (Fsp3) is 0.375. The Morgan fingerprint density at radius 1 is 1.29 bits per heavy atom. The van der Waals surface area contributed by atoms with Gasteiger partial charge in [-0.25, -0.2) is 4.57 Å². The molecule has 21 heavy (non-hydrogen) atoms. The predicted octanol–water partition coefficient (Wildman–Crippen LogP) is 2.01. The topological polar surface area (TPSA) is 29.1 Å². The van der Waals surface area contributed by atoms with Crippen molar-refractivity contribution in [3.8, 4) is 0 Å². The molecule has 0 N–H and O–H groups in total. The standard InChI is InChI=1S/C16H19ClN3O/c1-13-5-8-19(16(21)11-13)10-9-18-6-2-7-20-12-14(17)3-4-15(18)20/h3-5,8,11-12H,2,6-7,9-10H2,1H3/q+1. The third-order valence-corrected chi connectivity index (χ3v) is 4.10. The minimum atomic E-state index is 0.0657. The molecule has 0 unspecified atom stereocenters. The molecule has 3 rings (SSSR count). The molecule has 0 saturated heterocycles. The Hall–Kier alpha value is -1.81. The quantitative estimate of drug-likeness (QED) is 0.812. The molecular formula is C16H19ClN3O+. The van der Waals surface area contributed by atoms with Crippen LogP contribution >= 0.6 is 11.6 Å². The van der Waals surface area contributed by atoms with Crippen LogP contribution in [0.2, 0.25) is 5.02 Å². The third-order valence-electron chi connectivity index (χ3n) is 3.88. The van der Waals surface area contributed by atoms with Gasteiger partial charge >= 0.3 is 0 Å². The van der Waals surface area contributed by atoms with Crippen molar-refractivity contribution in [2.75, 3.05) is 18.0 Å². The highest BCUT2D eigenvalue weighted by Gasteiger charge is 2.24. The van der Waals surface area contributed by atoms with E-state index in [1.165, 1.54) is 5.82 Å². The summed E-state index contributed by atoms with van der Waals surface area (Å²) in [7, 11) is 0. The second kappa shape index (κ2) is 5.90. The van der Waals surface area contributed by atoms with Crippen LogP contribution < -0.4 is 15.0 Å². The van der Waals surface area contributed by atoms with Crippen LogP contribution in [-0.4, -0.2) is 17.7 Å². The number of nitrogens with zero attached hydrogens (tertiary/aromatic N) is 3. The maximum Gasteiger partial charge on any atom is 0.276 e. The molecule has 2 aromatic rings. The van der Waals surface area contributed by atoms with Gasteiger partial charge in [0, 0.05) is 24.8 Å². The Morgan fingerprint density at radius 2 is 2.14 bits per heavy atom. The second-order valence-corrected chi connectivity index (χ2v) is 5.91. The number of rotatable bonds is 3. The van der Waals surface area contributed by atoms with Crippen molar-refractivity contribution in [3.05, 3.63) is 57.6 Å². The van der Waals surface area contributed by atoms with Crippen molar-refractivity contribution < 1.29 is 4.57 Å². The summed E-state index contributed by atoms with van der Waals surface area (Å²) in [5.41, 5.74) is 1.07. The average molecular weight is 305 g/mol. The van der Waals surface area contributed by atoms with Crippen molar-refractivity contribution in [2.24, 2.45) is 0 Å². The summed E-state index contributed by atoms with van der Waals surface area (Å²) in [5.74, 6) is 1.17. The molecular weight excluding hydrogens is 286 g/mol. The van der Waals surface area contributed by atoms with Crippen molar-refractivity contribution in [1.29, 1.82) is 0 Å². The molecule has 1 aliphatic heterocycles. The van der Waals surface area contributed by atoms with Gasteiger partial charge in [-0.2, -0.15) is 0 Å². The van der Waals surface area contributed by atoms with E-state index in [0.717, 1.165) is 36.6 Å². The summed E-state index contributed by atoms with van der Waals surface area (Å²) in [6, 6.07) is 7.63. The lowest BCUT2D eigenvalue weighted by molar-refractivity contribution is -0.688. The van der Waals surface area contributed by atoms with Crippen molar-refractivity contribution in [3.63, 3.8) is 0 Å². The normalized spacial score (nSPS) is 14.1. The Kier molecular flexibility index (Phi) is 3.97. The van der Waals surface area contributed by atoms with E-state index in [9.17, 15) is 4.79 Å². The third kappa shape index (κ3) is 3.10. The highest BCUT2D eigenvalue weighted by Crippen LogP contribution is 2.16. The van der Waals surface area contributed by atoms with E-state index >= 15 is 0 Å².